The second-order valence-electron chi connectivity index (χ2n) is 8.15. The Morgan fingerprint density at radius 3 is 2.71 bits per heavy atom. The Morgan fingerprint density at radius 1 is 1.16 bits per heavy atom. The number of unbranched alkanes of at least 4 members (excludes halogenated alkanes) is 3. The molecular formula is C27H39NO3. The fourth-order valence-electron chi connectivity index (χ4n) is 4.27. The summed E-state index contributed by atoms with van der Waals surface area (Å²) in [4.78, 5) is 13.9. The van der Waals surface area contributed by atoms with E-state index in [9.17, 15) is 4.79 Å². The molecule has 0 radical (unpaired) electrons. The van der Waals surface area contributed by atoms with Crippen LogP contribution in [0.4, 0.5) is 4.79 Å². The largest absolute Gasteiger partial charge is 0.508 e. The van der Waals surface area contributed by atoms with Crippen molar-refractivity contribution in [2.75, 3.05) is 19.8 Å². The smallest absolute Gasteiger partial charge is 0.435 e. The van der Waals surface area contributed by atoms with Crippen molar-refractivity contribution in [1.82, 2.24) is 4.90 Å². The fraction of sp³-hybridized carbons (Fsp3) is 0.593. The number of carbonyl (C=O) groups excluding carboxylic acids is 1. The van der Waals surface area contributed by atoms with E-state index in [0.717, 1.165) is 19.4 Å². The van der Waals surface area contributed by atoms with E-state index in [2.05, 4.69) is 67.0 Å². The maximum Gasteiger partial charge on any atom is 0.508 e. The van der Waals surface area contributed by atoms with Crippen molar-refractivity contribution in [2.24, 2.45) is 5.92 Å². The second kappa shape index (κ2) is 14.7. The van der Waals surface area contributed by atoms with Gasteiger partial charge in [0.05, 0.1) is 13.2 Å². The van der Waals surface area contributed by atoms with Crippen LogP contribution in [0.2, 0.25) is 0 Å². The number of carbonyl (C=O) groups is 1. The van der Waals surface area contributed by atoms with Crippen LogP contribution in [-0.2, 0) is 9.47 Å². The highest BCUT2D eigenvalue weighted by atomic mass is 16.7. The molecule has 31 heavy (non-hydrogen) atoms. The van der Waals surface area contributed by atoms with Crippen LogP contribution in [0, 0.1) is 17.8 Å². The lowest BCUT2D eigenvalue weighted by Gasteiger charge is -2.36. The molecule has 1 fully saturated rings. The van der Waals surface area contributed by atoms with E-state index in [1.165, 1.54) is 37.7 Å². The summed E-state index contributed by atoms with van der Waals surface area (Å²) >= 11 is 0. The monoisotopic (exact) mass is 425 g/mol. The third-order valence-corrected chi connectivity index (χ3v) is 5.97. The van der Waals surface area contributed by atoms with Crippen LogP contribution in [0.15, 0.2) is 42.5 Å². The van der Waals surface area contributed by atoms with Gasteiger partial charge < -0.3 is 9.47 Å². The molecule has 0 amide bonds. The van der Waals surface area contributed by atoms with Crippen molar-refractivity contribution < 1.29 is 14.3 Å². The normalized spacial score (nSPS) is 19.2. The molecule has 1 aliphatic carbocycles. The number of hydrogen-bond acceptors (Lipinski definition) is 4. The van der Waals surface area contributed by atoms with Crippen molar-refractivity contribution in [2.45, 2.75) is 77.8 Å². The predicted molar refractivity (Wildman–Crippen MR) is 127 cm³/mol. The van der Waals surface area contributed by atoms with Crippen molar-refractivity contribution in [1.29, 1.82) is 0 Å². The van der Waals surface area contributed by atoms with E-state index in [-0.39, 0.29) is 6.61 Å². The zero-order valence-corrected chi connectivity index (χ0v) is 19.5. The highest BCUT2D eigenvalue weighted by Crippen LogP contribution is 2.35. The molecule has 0 unspecified atom stereocenters. The van der Waals surface area contributed by atoms with Gasteiger partial charge in [0.25, 0.3) is 0 Å². The average molecular weight is 426 g/mol. The maximum atomic E-state index is 11.4. The molecule has 1 saturated carbocycles. The first-order chi connectivity index (χ1) is 15.2. The van der Waals surface area contributed by atoms with Gasteiger partial charge in [0.15, 0.2) is 0 Å². The van der Waals surface area contributed by atoms with Gasteiger partial charge in [0.2, 0.25) is 0 Å². The van der Waals surface area contributed by atoms with Gasteiger partial charge in [-0.05, 0) is 44.6 Å². The summed E-state index contributed by atoms with van der Waals surface area (Å²) < 4.78 is 9.90. The van der Waals surface area contributed by atoms with Gasteiger partial charge in [0, 0.05) is 18.5 Å². The van der Waals surface area contributed by atoms with E-state index in [0.29, 0.717) is 24.6 Å². The molecule has 0 N–H and O–H groups in total. The summed E-state index contributed by atoms with van der Waals surface area (Å²) in [6.45, 7) is 7.66. The molecule has 4 heteroatoms. The molecule has 1 aromatic carbocycles. The lowest BCUT2D eigenvalue weighted by molar-refractivity contribution is 0.0671. The fourth-order valence-corrected chi connectivity index (χ4v) is 4.27. The molecule has 0 aromatic heterocycles. The van der Waals surface area contributed by atoms with Crippen LogP contribution in [-0.4, -0.2) is 36.9 Å². The molecule has 0 saturated heterocycles. The molecule has 1 aliphatic rings. The molecule has 0 spiro atoms. The molecule has 4 nitrogen and oxygen atoms in total. The van der Waals surface area contributed by atoms with E-state index < -0.39 is 6.16 Å². The quantitative estimate of drug-likeness (QED) is 0.175. The van der Waals surface area contributed by atoms with E-state index >= 15 is 0 Å². The lowest BCUT2D eigenvalue weighted by atomic mass is 9.97. The molecule has 0 aliphatic heterocycles. The second-order valence-corrected chi connectivity index (χ2v) is 8.15. The zero-order valence-electron chi connectivity index (χ0n) is 19.5. The summed E-state index contributed by atoms with van der Waals surface area (Å²) in [5, 5.41) is 0. The maximum absolute atomic E-state index is 11.4. The van der Waals surface area contributed by atoms with E-state index in [4.69, 9.17) is 9.47 Å². The molecule has 0 bridgehead atoms. The summed E-state index contributed by atoms with van der Waals surface area (Å²) in [6, 6.07) is 11.5. The highest BCUT2D eigenvalue weighted by Gasteiger charge is 2.33. The van der Waals surface area contributed by atoms with Crippen LogP contribution in [0.3, 0.4) is 0 Å². The minimum atomic E-state index is -0.604. The summed E-state index contributed by atoms with van der Waals surface area (Å²) in [5.41, 5.74) is 1.33. The first kappa shape index (κ1) is 25.0. The number of hydrogen-bond donors (Lipinski definition) is 0. The summed E-state index contributed by atoms with van der Waals surface area (Å²) in [6.07, 6.45) is 11.8. The van der Waals surface area contributed by atoms with Crippen molar-refractivity contribution in [3.05, 3.63) is 48.0 Å². The summed E-state index contributed by atoms with van der Waals surface area (Å²) in [5.74, 6) is 7.29. The van der Waals surface area contributed by atoms with Crippen LogP contribution < -0.4 is 0 Å². The Morgan fingerprint density at radius 2 is 1.97 bits per heavy atom. The van der Waals surface area contributed by atoms with Gasteiger partial charge in [0.1, 0.15) is 6.61 Å². The summed E-state index contributed by atoms with van der Waals surface area (Å²) in [7, 11) is 0. The van der Waals surface area contributed by atoms with Crippen molar-refractivity contribution >= 4 is 6.16 Å². The van der Waals surface area contributed by atoms with E-state index in [1.807, 2.05) is 6.08 Å². The molecule has 0 heterocycles. The Labute approximate surface area is 189 Å². The van der Waals surface area contributed by atoms with Gasteiger partial charge >= 0.3 is 6.16 Å². The van der Waals surface area contributed by atoms with E-state index in [1.54, 1.807) is 6.92 Å². The first-order valence-electron chi connectivity index (χ1n) is 11.9. The van der Waals surface area contributed by atoms with Crippen LogP contribution in [0.5, 0.6) is 0 Å². The standard InChI is InChI=1S/C27H39NO3/c1-4-6-7-8-9-13-21-28(23(3)24-16-11-10-12-17-24)26-20-14-18-25(26)19-15-22-31-27(29)30-5-2/h10-12,15-17,19,23,25-26H,4-8,14,18,20-22H2,1-3H3/b19-15-/t23-,25-,26-/m1/s1. The van der Waals surface area contributed by atoms with Crippen LogP contribution in [0.1, 0.15) is 77.3 Å². The number of benzene rings is 1. The number of nitrogens with zero attached hydrogens (tertiary/aromatic N) is 1. The molecule has 1 aromatic rings. The Hall–Kier alpha value is -2.25. The highest BCUT2D eigenvalue weighted by molar-refractivity contribution is 5.59. The molecule has 170 valence electrons. The molecule has 2 rings (SSSR count). The third-order valence-electron chi connectivity index (χ3n) is 5.97. The number of rotatable bonds is 11. The van der Waals surface area contributed by atoms with Gasteiger partial charge in [-0.15, -0.1) is 5.92 Å². The Balaban J connectivity index is 2.05. The zero-order chi connectivity index (χ0) is 22.3. The average Bonchev–Trinajstić information content (AvgIpc) is 3.25. The Kier molecular flexibility index (Phi) is 11.9. The Bertz CT molecular complexity index is 719. The van der Waals surface area contributed by atoms with Gasteiger partial charge in [-0.1, -0.05) is 74.6 Å². The van der Waals surface area contributed by atoms with Crippen LogP contribution in [0.25, 0.3) is 0 Å². The first-order valence-corrected chi connectivity index (χ1v) is 11.9. The minimum Gasteiger partial charge on any atom is -0.435 e. The number of ether oxygens (including phenoxy) is 2. The van der Waals surface area contributed by atoms with Gasteiger partial charge in [-0.25, -0.2) is 4.79 Å². The topological polar surface area (TPSA) is 38.8 Å². The van der Waals surface area contributed by atoms with Crippen molar-refractivity contribution in [3.63, 3.8) is 0 Å². The van der Waals surface area contributed by atoms with Gasteiger partial charge in [-0.3, -0.25) is 4.90 Å². The van der Waals surface area contributed by atoms with Crippen molar-refractivity contribution in [3.8, 4) is 11.8 Å². The third kappa shape index (κ3) is 8.79. The SMILES string of the molecule is CCCCCC#CCN([C@H](C)c1ccccc1)[C@@H]1CCC[C@@H]1/C=C\COC(=O)OCC. The molecular weight excluding hydrogens is 386 g/mol. The lowest BCUT2D eigenvalue weighted by Crippen LogP contribution is -2.39. The van der Waals surface area contributed by atoms with Crippen LogP contribution >= 0.6 is 0 Å². The minimum absolute atomic E-state index is 0.257. The predicted octanol–water partition coefficient (Wildman–Crippen LogP) is 6.53. The molecule has 3 atom stereocenters. The van der Waals surface area contributed by atoms with Gasteiger partial charge in [-0.2, -0.15) is 0 Å².